The Morgan fingerprint density at radius 1 is 1.28 bits per heavy atom. The average molecular weight is 270 g/mol. The van der Waals surface area contributed by atoms with Crippen LogP contribution in [-0.2, 0) is 6.54 Å². The summed E-state index contributed by atoms with van der Waals surface area (Å²) in [4.78, 5) is 0. The fourth-order valence-electron chi connectivity index (χ4n) is 1.45. The fraction of sp³-hybridized carbons (Fsp3) is 0.231. The molecule has 0 amide bonds. The molecule has 2 aromatic rings. The smallest absolute Gasteiger partial charge is 0.183 e. The molecule has 1 aromatic heterocycles. The van der Waals surface area contributed by atoms with Gasteiger partial charge in [0, 0.05) is 6.54 Å². The van der Waals surface area contributed by atoms with Gasteiger partial charge in [0.05, 0.1) is 17.8 Å². The van der Waals surface area contributed by atoms with Crippen molar-refractivity contribution in [3.63, 3.8) is 0 Å². The largest absolute Gasteiger partial charge is 0.489 e. The third kappa shape index (κ3) is 3.48. The average Bonchev–Trinajstić information content (AvgIpc) is 2.87. The van der Waals surface area contributed by atoms with E-state index in [9.17, 15) is 4.39 Å². The number of furan rings is 1. The number of halogens is 2. The Bertz CT molecular complexity index is 488. The summed E-state index contributed by atoms with van der Waals surface area (Å²) in [6.45, 7) is 1.57. The zero-order valence-corrected chi connectivity index (χ0v) is 10.4. The first-order valence-electron chi connectivity index (χ1n) is 5.57. The van der Waals surface area contributed by atoms with Crippen molar-refractivity contribution >= 4 is 11.6 Å². The van der Waals surface area contributed by atoms with Crippen molar-refractivity contribution in [2.75, 3.05) is 13.2 Å². The van der Waals surface area contributed by atoms with Crippen molar-refractivity contribution in [2.45, 2.75) is 6.54 Å². The lowest BCUT2D eigenvalue weighted by atomic mass is 10.3. The Balaban J connectivity index is 1.70. The standard InChI is InChI=1S/C13H13ClFNO2/c14-11-4-1-5-12(13(11)15)18-8-6-16-9-10-3-2-7-17-10/h1-5,7,16H,6,8-9H2. The predicted octanol–water partition coefficient (Wildman–Crippen LogP) is 3.24. The van der Waals surface area contributed by atoms with E-state index in [1.54, 1.807) is 18.4 Å². The van der Waals surface area contributed by atoms with E-state index in [0.29, 0.717) is 19.7 Å². The predicted molar refractivity (Wildman–Crippen MR) is 67.3 cm³/mol. The van der Waals surface area contributed by atoms with E-state index in [0.717, 1.165) is 5.76 Å². The highest BCUT2D eigenvalue weighted by Gasteiger charge is 2.06. The van der Waals surface area contributed by atoms with E-state index in [-0.39, 0.29) is 10.8 Å². The van der Waals surface area contributed by atoms with Gasteiger partial charge < -0.3 is 14.5 Å². The summed E-state index contributed by atoms with van der Waals surface area (Å²) >= 11 is 5.64. The molecule has 0 radical (unpaired) electrons. The second-order valence-corrected chi connectivity index (χ2v) is 4.06. The number of hydrogen-bond acceptors (Lipinski definition) is 3. The minimum atomic E-state index is -0.523. The number of hydrogen-bond donors (Lipinski definition) is 1. The minimum absolute atomic E-state index is 0.0658. The molecule has 0 unspecified atom stereocenters. The van der Waals surface area contributed by atoms with Crippen molar-refractivity contribution < 1.29 is 13.5 Å². The van der Waals surface area contributed by atoms with Crippen LogP contribution in [0.25, 0.3) is 0 Å². The second-order valence-electron chi connectivity index (χ2n) is 3.66. The molecule has 1 heterocycles. The van der Waals surface area contributed by atoms with Crippen LogP contribution in [0.2, 0.25) is 5.02 Å². The quantitative estimate of drug-likeness (QED) is 0.818. The SMILES string of the molecule is Fc1c(Cl)cccc1OCCNCc1ccco1. The maximum absolute atomic E-state index is 13.4. The maximum atomic E-state index is 13.4. The molecular formula is C13H13ClFNO2. The first-order chi connectivity index (χ1) is 8.77. The summed E-state index contributed by atoms with van der Waals surface area (Å²) < 4.78 is 23.9. The van der Waals surface area contributed by atoms with Gasteiger partial charge in [-0.1, -0.05) is 17.7 Å². The molecule has 0 saturated carbocycles. The lowest BCUT2D eigenvalue weighted by Crippen LogP contribution is -2.20. The highest BCUT2D eigenvalue weighted by molar-refractivity contribution is 6.30. The van der Waals surface area contributed by atoms with Gasteiger partial charge in [-0.3, -0.25) is 0 Å². The van der Waals surface area contributed by atoms with Gasteiger partial charge >= 0.3 is 0 Å². The number of ether oxygens (including phenoxy) is 1. The molecule has 5 heteroatoms. The lowest BCUT2D eigenvalue weighted by molar-refractivity contribution is 0.296. The monoisotopic (exact) mass is 269 g/mol. The van der Waals surface area contributed by atoms with Crippen LogP contribution >= 0.6 is 11.6 Å². The van der Waals surface area contributed by atoms with Crippen LogP contribution in [-0.4, -0.2) is 13.2 Å². The van der Waals surface area contributed by atoms with Gasteiger partial charge in [-0.05, 0) is 24.3 Å². The summed E-state index contributed by atoms with van der Waals surface area (Å²) in [5, 5.41) is 3.18. The molecular weight excluding hydrogens is 257 g/mol. The van der Waals surface area contributed by atoms with Gasteiger partial charge in [0.25, 0.3) is 0 Å². The fourth-order valence-corrected chi connectivity index (χ4v) is 1.62. The Morgan fingerprint density at radius 2 is 2.17 bits per heavy atom. The van der Waals surface area contributed by atoms with Crippen LogP contribution in [0.4, 0.5) is 4.39 Å². The summed E-state index contributed by atoms with van der Waals surface area (Å²) in [7, 11) is 0. The number of rotatable bonds is 6. The Labute approximate surface area is 110 Å². The Kier molecular flexibility index (Phi) is 4.61. The summed E-state index contributed by atoms with van der Waals surface area (Å²) in [6.07, 6.45) is 1.62. The highest BCUT2D eigenvalue weighted by Crippen LogP contribution is 2.23. The van der Waals surface area contributed by atoms with Gasteiger partial charge in [0.15, 0.2) is 11.6 Å². The van der Waals surface area contributed by atoms with Crippen LogP contribution < -0.4 is 10.1 Å². The number of benzene rings is 1. The van der Waals surface area contributed by atoms with E-state index in [4.69, 9.17) is 20.8 Å². The van der Waals surface area contributed by atoms with E-state index in [1.165, 1.54) is 6.07 Å². The van der Waals surface area contributed by atoms with E-state index in [2.05, 4.69) is 5.32 Å². The first kappa shape index (κ1) is 12.9. The van der Waals surface area contributed by atoms with Crippen LogP contribution in [0.3, 0.4) is 0 Å². The molecule has 1 N–H and O–H groups in total. The molecule has 1 aromatic carbocycles. The molecule has 0 aliphatic carbocycles. The zero-order valence-electron chi connectivity index (χ0n) is 9.66. The molecule has 96 valence electrons. The summed E-state index contributed by atoms with van der Waals surface area (Å²) in [5.74, 6) is 0.497. The van der Waals surface area contributed by atoms with Crippen molar-refractivity contribution in [2.24, 2.45) is 0 Å². The Hall–Kier alpha value is -1.52. The Morgan fingerprint density at radius 3 is 2.94 bits per heavy atom. The van der Waals surface area contributed by atoms with Gasteiger partial charge in [-0.25, -0.2) is 4.39 Å². The second kappa shape index (κ2) is 6.42. The molecule has 0 fully saturated rings. The van der Waals surface area contributed by atoms with Gasteiger partial charge in [-0.2, -0.15) is 0 Å². The van der Waals surface area contributed by atoms with Crippen LogP contribution in [0.1, 0.15) is 5.76 Å². The molecule has 0 aliphatic rings. The maximum Gasteiger partial charge on any atom is 0.183 e. The molecule has 0 saturated heterocycles. The van der Waals surface area contributed by atoms with Gasteiger partial charge in [0.1, 0.15) is 12.4 Å². The van der Waals surface area contributed by atoms with E-state index < -0.39 is 5.82 Å². The summed E-state index contributed by atoms with van der Waals surface area (Å²) in [6, 6.07) is 8.39. The summed E-state index contributed by atoms with van der Waals surface area (Å²) in [5.41, 5.74) is 0. The third-order valence-electron chi connectivity index (χ3n) is 2.33. The minimum Gasteiger partial charge on any atom is -0.489 e. The van der Waals surface area contributed by atoms with Gasteiger partial charge in [-0.15, -0.1) is 0 Å². The highest BCUT2D eigenvalue weighted by atomic mass is 35.5. The molecule has 18 heavy (non-hydrogen) atoms. The lowest BCUT2D eigenvalue weighted by Gasteiger charge is -2.08. The normalized spacial score (nSPS) is 10.6. The van der Waals surface area contributed by atoms with Crippen molar-refractivity contribution in [1.29, 1.82) is 0 Å². The molecule has 0 aliphatic heterocycles. The van der Waals surface area contributed by atoms with E-state index in [1.807, 2.05) is 12.1 Å². The van der Waals surface area contributed by atoms with Crippen molar-refractivity contribution in [1.82, 2.24) is 5.32 Å². The number of nitrogens with one attached hydrogen (secondary N) is 1. The van der Waals surface area contributed by atoms with Crippen LogP contribution in [0, 0.1) is 5.82 Å². The topological polar surface area (TPSA) is 34.4 Å². The molecule has 0 bridgehead atoms. The van der Waals surface area contributed by atoms with Crippen LogP contribution in [0.5, 0.6) is 5.75 Å². The molecule has 0 spiro atoms. The van der Waals surface area contributed by atoms with Crippen molar-refractivity contribution in [3.05, 3.63) is 53.2 Å². The van der Waals surface area contributed by atoms with Gasteiger partial charge in [0.2, 0.25) is 0 Å². The molecule has 3 nitrogen and oxygen atoms in total. The van der Waals surface area contributed by atoms with Crippen molar-refractivity contribution in [3.8, 4) is 5.75 Å². The molecule has 0 atom stereocenters. The van der Waals surface area contributed by atoms with Crippen LogP contribution in [0.15, 0.2) is 41.0 Å². The third-order valence-corrected chi connectivity index (χ3v) is 2.62. The zero-order chi connectivity index (χ0) is 12.8. The van der Waals surface area contributed by atoms with E-state index >= 15 is 0 Å². The molecule has 2 rings (SSSR count). The first-order valence-corrected chi connectivity index (χ1v) is 5.95.